The molecule has 0 unspecified atom stereocenters. The van der Waals surface area contributed by atoms with Crippen LogP contribution in [-0.4, -0.2) is 18.4 Å². The molecule has 1 spiro atoms. The van der Waals surface area contributed by atoms with E-state index in [-0.39, 0.29) is 17.7 Å². The van der Waals surface area contributed by atoms with Gasteiger partial charge in [0.25, 0.3) is 0 Å². The molecule has 82 valence electrons. The molecular weight excluding hydrogens is 192 g/mol. The molecule has 2 aliphatic carbocycles. The highest BCUT2D eigenvalue weighted by Gasteiger charge is 2.60. The van der Waals surface area contributed by atoms with Gasteiger partial charge in [0.1, 0.15) is 5.41 Å². The van der Waals surface area contributed by atoms with E-state index < -0.39 is 5.41 Å². The van der Waals surface area contributed by atoms with E-state index in [9.17, 15) is 9.59 Å². The molecule has 0 amide bonds. The minimum Gasteiger partial charge on any atom is -0.465 e. The SMILES string of the molecule is O=C1OCC[C@]12C[C@@H]1CCCC[C@@H]1C2=O. The van der Waals surface area contributed by atoms with Crippen LogP contribution in [0.4, 0.5) is 0 Å². The van der Waals surface area contributed by atoms with Gasteiger partial charge in [-0.05, 0) is 25.2 Å². The first-order valence-corrected chi connectivity index (χ1v) is 5.95. The van der Waals surface area contributed by atoms with Gasteiger partial charge in [-0.2, -0.15) is 0 Å². The van der Waals surface area contributed by atoms with Crippen molar-refractivity contribution in [1.82, 2.24) is 0 Å². The summed E-state index contributed by atoms with van der Waals surface area (Å²) >= 11 is 0. The molecule has 3 atom stereocenters. The van der Waals surface area contributed by atoms with Gasteiger partial charge in [0.05, 0.1) is 6.61 Å². The van der Waals surface area contributed by atoms with Gasteiger partial charge in [-0.25, -0.2) is 0 Å². The summed E-state index contributed by atoms with van der Waals surface area (Å²) in [5, 5.41) is 0. The number of ketones is 1. The first-order chi connectivity index (χ1) is 7.24. The Morgan fingerprint density at radius 3 is 2.67 bits per heavy atom. The summed E-state index contributed by atoms with van der Waals surface area (Å²) in [5.41, 5.74) is -0.709. The van der Waals surface area contributed by atoms with Gasteiger partial charge in [0, 0.05) is 12.3 Å². The highest BCUT2D eigenvalue weighted by Crippen LogP contribution is 2.52. The number of fused-ring (bicyclic) bond motifs is 1. The van der Waals surface area contributed by atoms with E-state index in [1.807, 2.05) is 0 Å². The number of cyclic esters (lactones) is 1. The average Bonchev–Trinajstić information content (AvgIpc) is 2.74. The number of carbonyl (C=O) groups excluding carboxylic acids is 2. The van der Waals surface area contributed by atoms with E-state index in [0.29, 0.717) is 18.9 Å². The molecule has 3 fully saturated rings. The normalized spacial score (nSPS) is 44.5. The van der Waals surface area contributed by atoms with Crippen molar-refractivity contribution in [1.29, 1.82) is 0 Å². The van der Waals surface area contributed by atoms with E-state index >= 15 is 0 Å². The van der Waals surface area contributed by atoms with Crippen LogP contribution in [0.15, 0.2) is 0 Å². The zero-order valence-corrected chi connectivity index (χ0v) is 8.83. The van der Waals surface area contributed by atoms with Crippen molar-refractivity contribution in [2.45, 2.75) is 38.5 Å². The zero-order valence-electron chi connectivity index (χ0n) is 8.83. The van der Waals surface area contributed by atoms with Crippen LogP contribution in [0.25, 0.3) is 0 Å². The fourth-order valence-corrected chi connectivity index (χ4v) is 3.67. The Bertz CT molecular complexity index is 323. The third-order valence-corrected chi connectivity index (χ3v) is 4.48. The van der Waals surface area contributed by atoms with Crippen molar-refractivity contribution in [3.05, 3.63) is 0 Å². The highest BCUT2D eigenvalue weighted by molar-refractivity contribution is 6.07. The lowest BCUT2D eigenvalue weighted by Gasteiger charge is -2.22. The van der Waals surface area contributed by atoms with Gasteiger partial charge in [-0.15, -0.1) is 0 Å². The van der Waals surface area contributed by atoms with Gasteiger partial charge in [-0.1, -0.05) is 12.8 Å². The van der Waals surface area contributed by atoms with E-state index in [2.05, 4.69) is 0 Å². The summed E-state index contributed by atoms with van der Waals surface area (Å²) in [6.45, 7) is 0.448. The van der Waals surface area contributed by atoms with Gasteiger partial charge in [0.15, 0.2) is 5.78 Å². The maximum Gasteiger partial charge on any atom is 0.319 e. The van der Waals surface area contributed by atoms with E-state index in [4.69, 9.17) is 4.74 Å². The Morgan fingerprint density at radius 1 is 1.20 bits per heavy atom. The fraction of sp³-hybridized carbons (Fsp3) is 0.833. The van der Waals surface area contributed by atoms with E-state index in [1.54, 1.807) is 0 Å². The Balaban J connectivity index is 1.93. The summed E-state index contributed by atoms with van der Waals surface area (Å²) in [6.07, 6.45) is 5.91. The number of Topliss-reactive ketones (excluding diaryl/α,β-unsaturated/α-hetero) is 1. The van der Waals surface area contributed by atoms with Gasteiger partial charge in [-0.3, -0.25) is 9.59 Å². The second-order valence-electron chi connectivity index (χ2n) is 5.19. The third kappa shape index (κ3) is 1.12. The van der Waals surface area contributed by atoms with Crippen LogP contribution in [-0.2, 0) is 14.3 Å². The van der Waals surface area contributed by atoms with Crippen LogP contribution in [0.2, 0.25) is 0 Å². The van der Waals surface area contributed by atoms with Crippen LogP contribution in [0.3, 0.4) is 0 Å². The lowest BCUT2D eigenvalue weighted by Crippen LogP contribution is -2.33. The number of esters is 1. The summed E-state index contributed by atoms with van der Waals surface area (Å²) in [5.74, 6) is 0.609. The first kappa shape index (κ1) is 9.37. The molecule has 3 rings (SSSR count). The summed E-state index contributed by atoms with van der Waals surface area (Å²) in [4.78, 5) is 24.0. The van der Waals surface area contributed by atoms with Crippen LogP contribution in [0.5, 0.6) is 0 Å². The molecule has 15 heavy (non-hydrogen) atoms. The topological polar surface area (TPSA) is 43.4 Å². The Hall–Kier alpha value is -0.860. The lowest BCUT2D eigenvalue weighted by molar-refractivity contribution is -0.150. The Morgan fingerprint density at radius 2 is 2.00 bits per heavy atom. The molecule has 0 aromatic rings. The number of rotatable bonds is 0. The number of carbonyl (C=O) groups is 2. The van der Waals surface area contributed by atoms with Crippen molar-refractivity contribution in [3.63, 3.8) is 0 Å². The maximum absolute atomic E-state index is 12.3. The van der Waals surface area contributed by atoms with Crippen molar-refractivity contribution in [3.8, 4) is 0 Å². The molecule has 3 aliphatic rings. The maximum atomic E-state index is 12.3. The molecule has 3 heteroatoms. The number of hydrogen-bond acceptors (Lipinski definition) is 3. The quantitative estimate of drug-likeness (QED) is 0.449. The zero-order chi connectivity index (χ0) is 10.5. The molecule has 0 radical (unpaired) electrons. The first-order valence-electron chi connectivity index (χ1n) is 5.95. The van der Waals surface area contributed by atoms with E-state index in [0.717, 1.165) is 25.7 Å². The largest absolute Gasteiger partial charge is 0.465 e. The van der Waals surface area contributed by atoms with Gasteiger partial charge >= 0.3 is 5.97 Å². The lowest BCUT2D eigenvalue weighted by atomic mass is 9.81. The van der Waals surface area contributed by atoms with Gasteiger partial charge < -0.3 is 4.74 Å². The molecule has 0 bridgehead atoms. The van der Waals surface area contributed by atoms with Crippen molar-refractivity contribution >= 4 is 11.8 Å². The molecule has 1 heterocycles. The molecule has 2 saturated carbocycles. The third-order valence-electron chi connectivity index (χ3n) is 4.48. The van der Waals surface area contributed by atoms with Crippen LogP contribution in [0, 0.1) is 17.3 Å². The minimum atomic E-state index is -0.709. The summed E-state index contributed by atoms with van der Waals surface area (Å²) < 4.78 is 5.01. The molecule has 0 N–H and O–H groups in total. The Labute approximate surface area is 89.2 Å². The highest BCUT2D eigenvalue weighted by atomic mass is 16.5. The molecule has 0 aromatic carbocycles. The summed E-state index contributed by atoms with van der Waals surface area (Å²) in [6, 6.07) is 0. The van der Waals surface area contributed by atoms with Crippen molar-refractivity contribution < 1.29 is 14.3 Å². The number of ether oxygens (including phenoxy) is 1. The van der Waals surface area contributed by atoms with Gasteiger partial charge in [0.2, 0.25) is 0 Å². The fourth-order valence-electron chi connectivity index (χ4n) is 3.67. The molecular formula is C12H16O3. The van der Waals surface area contributed by atoms with Crippen LogP contribution < -0.4 is 0 Å². The predicted molar refractivity (Wildman–Crippen MR) is 53.1 cm³/mol. The second kappa shape index (κ2) is 3.06. The number of hydrogen-bond donors (Lipinski definition) is 0. The smallest absolute Gasteiger partial charge is 0.319 e. The standard InChI is InChI=1S/C12H16O3/c13-10-9-4-2-1-3-8(9)7-12(10)5-6-15-11(12)14/h8-9H,1-7H2/t8-,9-,12+/m0/s1. The van der Waals surface area contributed by atoms with Crippen LogP contribution in [0.1, 0.15) is 38.5 Å². The second-order valence-corrected chi connectivity index (χ2v) is 5.19. The van der Waals surface area contributed by atoms with E-state index in [1.165, 1.54) is 6.42 Å². The monoisotopic (exact) mass is 208 g/mol. The average molecular weight is 208 g/mol. The molecule has 1 saturated heterocycles. The minimum absolute atomic E-state index is 0.171. The molecule has 1 aliphatic heterocycles. The Kier molecular flexibility index (Phi) is 1.91. The molecule has 3 nitrogen and oxygen atoms in total. The van der Waals surface area contributed by atoms with Crippen LogP contribution >= 0.6 is 0 Å². The predicted octanol–water partition coefficient (Wildman–Crippen LogP) is 1.70. The van der Waals surface area contributed by atoms with Crippen molar-refractivity contribution in [2.24, 2.45) is 17.3 Å². The summed E-state index contributed by atoms with van der Waals surface area (Å²) in [7, 11) is 0. The molecule has 0 aromatic heterocycles. The van der Waals surface area contributed by atoms with Crippen molar-refractivity contribution in [2.75, 3.05) is 6.61 Å².